The van der Waals surface area contributed by atoms with E-state index in [9.17, 15) is 9.59 Å². The third kappa shape index (κ3) is 3.15. The van der Waals surface area contributed by atoms with E-state index in [1.54, 1.807) is 4.90 Å². The SMILES string of the molecule is CC(C)(C)OC(=O)N1CCC2NC(=O)CCC2C1. The van der Waals surface area contributed by atoms with Gasteiger partial charge >= 0.3 is 6.09 Å². The number of hydrogen-bond donors (Lipinski definition) is 1. The summed E-state index contributed by atoms with van der Waals surface area (Å²) in [5, 5.41) is 3.01. The van der Waals surface area contributed by atoms with E-state index < -0.39 is 5.60 Å². The molecule has 5 nitrogen and oxygen atoms in total. The van der Waals surface area contributed by atoms with Gasteiger partial charge in [-0.05, 0) is 39.5 Å². The molecule has 0 radical (unpaired) electrons. The molecule has 2 unspecified atom stereocenters. The zero-order valence-electron chi connectivity index (χ0n) is 11.4. The van der Waals surface area contributed by atoms with Gasteiger partial charge in [0.05, 0.1) is 0 Å². The summed E-state index contributed by atoms with van der Waals surface area (Å²) in [6.45, 7) is 6.98. The highest BCUT2D eigenvalue weighted by Gasteiger charge is 2.36. The van der Waals surface area contributed by atoms with E-state index in [4.69, 9.17) is 4.74 Å². The number of likely N-dealkylation sites (tertiary alicyclic amines) is 1. The number of carbonyl (C=O) groups excluding carboxylic acids is 2. The monoisotopic (exact) mass is 254 g/mol. The van der Waals surface area contributed by atoms with E-state index in [0.717, 1.165) is 12.8 Å². The zero-order chi connectivity index (χ0) is 13.3. The van der Waals surface area contributed by atoms with E-state index in [2.05, 4.69) is 5.32 Å². The fraction of sp³-hybridized carbons (Fsp3) is 0.846. The highest BCUT2D eigenvalue weighted by molar-refractivity contribution is 5.77. The molecule has 0 aromatic rings. The van der Waals surface area contributed by atoms with Crippen molar-refractivity contribution in [3.05, 3.63) is 0 Å². The highest BCUT2D eigenvalue weighted by Crippen LogP contribution is 2.26. The molecule has 2 amide bonds. The first-order valence-electron chi connectivity index (χ1n) is 6.62. The Labute approximate surface area is 108 Å². The number of piperidine rings is 2. The summed E-state index contributed by atoms with van der Waals surface area (Å²) in [6, 6.07) is 0.241. The number of fused-ring (bicyclic) bond motifs is 1. The Morgan fingerprint density at radius 1 is 1.39 bits per heavy atom. The largest absolute Gasteiger partial charge is 0.444 e. The van der Waals surface area contributed by atoms with Crippen LogP contribution in [0.2, 0.25) is 0 Å². The summed E-state index contributed by atoms with van der Waals surface area (Å²) in [6.07, 6.45) is 2.03. The second kappa shape index (κ2) is 4.78. The first kappa shape index (κ1) is 13.2. The Balaban J connectivity index is 1.91. The van der Waals surface area contributed by atoms with Gasteiger partial charge in [-0.3, -0.25) is 4.79 Å². The molecule has 0 aliphatic carbocycles. The minimum Gasteiger partial charge on any atom is -0.444 e. The van der Waals surface area contributed by atoms with Gasteiger partial charge in [0.25, 0.3) is 0 Å². The van der Waals surface area contributed by atoms with Crippen LogP contribution in [-0.2, 0) is 9.53 Å². The molecule has 0 aromatic carbocycles. The van der Waals surface area contributed by atoms with Gasteiger partial charge in [0.15, 0.2) is 0 Å². The number of ether oxygens (including phenoxy) is 1. The van der Waals surface area contributed by atoms with Crippen LogP contribution in [0.3, 0.4) is 0 Å². The van der Waals surface area contributed by atoms with Crippen molar-refractivity contribution in [2.75, 3.05) is 13.1 Å². The van der Waals surface area contributed by atoms with Crippen molar-refractivity contribution in [1.82, 2.24) is 10.2 Å². The molecule has 2 saturated heterocycles. The maximum Gasteiger partial charge on any atom is 0.410 e. The molecule has 2 atom stereocenters. The van der Waals surface area contributed by atoms with Gasteiger partial charge in [-0.1, -0.05) is 0 Å². The first-order chi connectivity index (χ1) is 8.35. The quantitative estimate of drug-likeness (QED) is 0.713. The normalized spacial score (nSPS) is 28.4. The maximum absolute atomic E-state index is 12.0. The van der Waals surface area contributed by atoms with Crippen LogP contribution in [0.4, 0.5) is 4.79 Å². The number of nitrogens with zero attached hydrogens (tertiary/aromatic N) is 1. The Bertz CT molecular complexity index is 349. The standard InChI is InChI=1S/C13H22N2O3/c1-13(2,3)18-12(17)15-7-6-10-9(8-15)4-5-11(16)14-10/h9-10H,4-8H2,1-3H3,(H,14,16). The fourth-order valence-electron chi connectivity index (χ4n) is 2.60. The minimum atomic E-state index is -0.450. The lowest BCUT2D eigenvalue weighted by atomic mass is 9.85. The van der Waals surface area contributed by atoms with Gasteiger partial charge in [0.2, 0.25) is 5.91 Å². The van der Waals surface area contributed by atoms with Gasteiger partial charge in [-0.25, -0.2) is 4.79 Å². The third-order valence-corrected chi connectivity index (χ3v) is 3.47. The van der Waals surface area contributed by atoms with Gasteiger partial charge in [0.1, 0.15) is 5.60 Å². The maximum atomic E-state index is 12.0. The summed E-state index contributed by atoms with van der Waals surface area (Å²) >= 11 is 0. The lowest BCUT2D eigenvalue weighted by Crippen LogP contribution is -2.55. The van der Waals surface area contributed by atoms with Crippen molar-refractivity contribution >= 4 is 12.0 Å². The van der Waals surface area contributed by atoms with Crippen molar-refractivity contribution in [2.45, 2.75) is 51.7 Å². The van der Waals surface area contributed by atoms with Crippen LogP contribution in [0.1, 0.15) is 40.0 Å². The first-order valence-corrected chi connectivity index (χ1v) is 6.62. The van der Waals surface area contributed by atoms with Crippen molar-refractivity contribution in [1.29, 1.82) is 0 Å². The molecule has 0 bridgehead atoms. The van der Waals surface area contributed by atoms with E-state index in [-0.39, 0.29) is 18.0 Å². The predicted octanol–water partition coefficient (Wildman–Crippen LogP) is 1.52. The number of carbonyl (C=O) groups is 2. The summed E-state index contributed by atoms with van der Waals surface area (Å²) in [5.41, 5.74) is -0.450. The molecule has 2 fully saturated rings. The molecular weight excluding hydrogens is 232 g/mol. The molecular formula is C13H22N2O3. The van der Waals surface area contributed by atoms with E-state index in [1.165, 1.54) is 0 Å². The molecule has 0 aromatic heterocycles. The summed E-state index contributed by atoms with van der Waals surface area (Å²) in [4.78, 5) is 25.0. The molecule has 102 valence electrons. The van der Waals surface area contributed by atoms with Crippen molar-refractivity contribution in [2.24, 2.45) is 5.92 Å². The predicted molar refractivity (Wildman–Crippen MR) is 67.1 cm³/mol. The average molecular weight is 254 g/mol. The number of amides is 2. The summed E-state index contributed by atoms with van der Waals surface area (Å²) in [7, 11) is 0. The molecule has 2 aliphatic heterocycles. The van der Waals surface area contributed by atoms with Gasteiger partial charge in [-0.2, -0.15) is 0 Å². The molecule has 0 spiro atoms. The Hall–Kier alpha value is -1.26. The van der Waals surface area contributed by atoms with Crippen molar-refractivity contribution in [3.63, 3.8) is 0 Å². The smallest absolute Gasteiger partial charge is 0.410 e. The number of rotatable bonds is 0. The van der Waals surface area contributed by atoms with Crippen LogP contribution in [0.5, 0.6) is 0 Å². The fourth-order valence-corrected chi connectivity index (χ4v) is 2.60. The molecule has 5 heteroatoms. The topological polar surface area (TPSA) is 58.6 Å². The molecule has 0 saturated carbocycles. The van der Waals surface area contributed by atoms with Gasteiger partial charge in [0, 0.05) is 25.6 Å². The van der Waals surface area contributed by atoms with E-state index >= 15 is 0 Å². The highest BCUT2D eigenvalue weighted by atomic mass is 16.6. The van der Waals surface area contributed by atoms with E-state index in [0.29, 0.717) is 25.4 Å². The lowest BCUT2D eigenvalue weighted by Gasteiger charge is -2.41. The van der Waals surface area contributed by atoms with Crippen molar-refractivity contribution < 1.29 is 14.3 Å². The minimum absolute atomic E-state index is 0.141. The molecule has 18 heavy (non-hydrogen) atoms. The molecule has 1 N–H and O–H groups in total. The van der Waals surface area contributed by atoms with Crippen molar-refractivity contribution in [3.8, 4) is 0 Å². The third-order valence-electron chi connectivity index (χ3n) is 3.47. The Kier molecular flexibility index (Phi) is 3.50. The van der Waals surface area contributed by atoms with Crippen LogP contribution in [-0.4, -0.2) is 41.6 Å². The molecule has 2 aliphatic rings. The average Bonchev–Trinajstić information content (AvgIpc) is 2.26. The molecule has 2 rings (SSSR count). The van der Waals surface area contributed by atoms with Crippen LogP contribution in [0.25, 0.3) is 0 Å². The Morgan fingerprint density at radius 2 is 2.11 bits per heavy atom. The van der Waals surface area contributed by atoms with Gasteiger partial charge in [-0.15, -0.1) is 0 Å². The summed E-state index contributed by atoms with van der Waals surface area (Å²) in [5.74, 6) is 0.519. The number of nitrogens with one attached hydrogen (secondary N) is 1. The number of hydrogen-bond acceptors (Lipinski definition) is 3. The van der Waals surface area contributed by atoms with Crippen LogP contribution < -0.4 is 5.32 Å². The van der Waals surface area contributed by atoms with Gasteiger partial charge < -0.3 is 15.0 Å². The second-order valence-corrected chi connectivity index (χ2v) is 6.19. The van der Waals surface area contributed by atoms with E-state index in [1.807, 2.05) is 20.8 Å². The van der Waals surface area contributed by atoms with Crippen LogP contribution >= 0.6 is 0 Å². The Morgan fingerprint density at radius 3 is 2.78 bits per heavy atom. The molecule has 2 heterocycles. The lowest BCUT2D eigenvalue weighted by molar-refractivity contribution is -0.125. The summed E-state index contributed by atoms with van der Waals surface area (Å²) < 4.78 is 5.38. The van der Waals surface area contributed by atoms with Crippen LogP contribution in [0.15, 0.2) is 0 Å². The second-order valence-electron chi connectivity index (χ2n) is 6.19. The van der Waals surface area contributed by atoms with Crippen LogP contribution in [0, 0.1) is 5.92 Å². The zero-order valence-corrected chi connectivity index (χ0v) is 11.4.